The Kier molecular flexibility index (Phi) is 6.71. The van der Waals surface area contributed by atoms with Crippen molar-refractivity contribution in [2.24, 2.45) is 5.92 Å². The molecular formula is C22H31F2N5O2. The number of piperazine rings is 1. The Morgan fingerprint density at radius 2 is 1.68 bits per heavy atom. The molecule has 0 radical (unpaired) electrons. The number of carbonyl (C=O) groups is 2. The van der Waals surface area contributed by atoms with E-state index in [-0.39, 0.29) is 23.7 Å². The van der Waals surface area contributed by atoms with Crippen LogP contribution in [-0.4, -0.2) is 68.1 Å². The predicted octanol–water partition coefficient (Wildman–Crippen LogP) is 1.69. The molecule has 2 atom stereocenters. The van der Waals surface area contributed by atoms with Gasteiger partial charge in [-0.2, -0.15) is 0 Å². The number of anilines is 2. The van der Waals surface area contributed by atoms with Crippen LogP contribution < -0.4 is 20.9 Å². The van der Waals surface area contributed by atoms with Crippen molar-refractivity contribution < 1.29 is 18.4 Å². The molecule has 0 spiro atoms. The van der Waals surface area contributed by atoms with Crippen LogP contribution in [0.25, 0.3) is 0 Å². The number of imide groups is 1. The van der Waals surface area contributed by atoms with Gasteiger partial charge in [-0.05, 0) is 57.3 Å². The summed E-state index contributed by atoms with van der Waals surface area (Å²) >= 11 is 0. The minimum absolute atomic E-state index is 0.0111. The quantitative estimate of drug-likeness (QED) is 0.612. The molecule has 0 aromatic heterocycles. The lowest BCUT2D eigenvalue weighted by Gasteiger charge is -2.42. The van der Waals surface area contributed by atoms with E-state index in [1.807, 2.05) is 0 Å². The van der Waals surface area contributed by atoms with Crippen LogP contribution in [0, 0.1) is 17.6 Å². The highest BCUT2D eigenvalue weighted by molar-refractivity contribution is 6.01. The summed E-state index contributed by atoms with van der Waals surface area (Å²) in [5, 5.41) is 8.48. The second kappa shape index (κ2) is 9.48. The molecule has 2 amide bonds. The number of hydrogen-bond donors (Lipinski definition) is 3. The third kappa shape index (κ3) is 4.98. The van der Waals surface area contributed by atoms with Crippen molar-refractivity contribution in [1.82, 2.24) is 15.5 Å². The fraction of sp³-hybridized carbons (Fsp3) is 0.636. The minimum atomic E-state index is -0.678. The molecule has 7 nitrogen and oxygen atoms in total. The van der Waals surface area contributed by atoms with Gasteiger partial charge < -0.3 is 15.5 Å². The van der Waals surface area contributed by atoms with Crippen LogP contribution in [0.2, 0.25) is 0 Å². The molecule has 3 fully saturated rings. The molecule has 3 N–H and O–H groups in total. The van der Waals surface area contributed by atoms with Gasteiger partial charge in [-0.3, -0.25) is 19.8 Å². The Morgan fingerprint density at radius 3 is 2.29 bits per heavy atom. The van der Waals surface area contributed by atoms with Gasteiger partial charge in [0.2, 0.25) is 11.8 Å². The molecule has 3 saturated heterocycles. The van der Waals surface area contributed by atoms with Crippen molar-refractivity contribution in [1.29, 1.82) is 0 Å². The van der Waals surface area contributed by atoms with Gasteiger partial charge in [0.15, 0.2) is 11.6 Å². The smallest absolute Gasteiger partial charge is 0.249 e. The van der Waals surface area contributed by atoms with Crippen LogP contribution in [0.4, 0.5) is 20.2 Å². The predicted molar refractivity (Wildman–Crippen MR) is 115 cm³/mol. The van der Waals surface area contributed by atoms with Crippen molar-refractivity contribution in [3.8, 4) is 0 Å². The topological polar surface area (TPSA) is 76.7 Å². The van der Waals surface area contributed by atoms with Gasteiger partial charge in [0.1, 0.15) is 11.7 Å². The van der Waals surface area contributed by atoms with Gasteiger partial charge in [-0.15, -0.1) is 0 Å². The number of amides is 2. The Bertz CT molecular complexity index is 799. The highest BCUT2D eigenvalue weighted by Gasteiger charge is 2.30. The lowest BCUT2D eigenvalue weighted by molar-refractivity contribution is -0.133. The van der Waals surface area contributed by atoms with Gasteiger partial charge in [-0.25, -0.2) is 8.78 Å². The summed E-state index contributed by atoms with van der Waals surface area (Å²) in [5.41, 5.74) is 0.189. The molecule has 1 unspecified atom stereocenters. The second-order valence-corrected chi connectivity index (χ2v) is 8.79. The molecule has 4 rings (SSSR count). The Hall–Kier alpha value is -2.26. The first kappa shape index (κ1) is 22.0. The van der Waals surface area contributed by atoms with Crippen molar-refractivity contribution in [2.75, 3.05) is 49.5 Å². The van der Waals surface area contributed by atoms with Gasteiger partial charge in [0.05, 0.1) is 0 Å². The maximum atomic E-state index is 14.9. The van der Waals surface area contributed by atoms with E-state index >= 15 is 0 Å². The molecule has 170 valence electrons. The molecular weight excluding hydrogens is 404 g/mol. The Balaban J connectivity index is 1.38. The van der Waals surface area contributed by atoms with E-state index in [1.54, 1.807) is 4.90 Å². The van der Waals surface area contributed by atoms with E-state index in [2.05, 4.69) is 27.8 Å². The summed E-state index contributed by atoms with van der Waals surface area (Å²) in [5.74, 6) is -1.42. The van der Waals surface area contributed by atoms with E-state index in [9.17, 15) is 18.4 Å². The van der Waals surface area contributed by atoms with Crippen molar-refractivity contribution in [3.05, 3.63) is 23.8 Å². The number of nitrogens with zero attached hydrogens (tertiary/aromatic N) is 2. The number of nitrogens with one attached hydrogen (secondary N) is 3. The fourth-order valence-electron chi connectivity index (χ4n) is 4.96. The normalized spacial score (nSPS) is 24.7. The van der Waals surface area contributed by atoms with Gasteiger partial charge in [-0.1, -0.05) is 0 Å². The maximum absolute atomic E-state index is 14.9. The summed E-state index contributed by atoms with van der Waals surface area (Å²) in [4.78, 5) is 27.4. The Morgan fingerprint density at radius 1 is 1.03 bits per heavy atom. The van der Waals surface area contributed by atoms with E-state index in [4.69, 9.17) is 0 Å². The first-order valence-corrected chi connectivity index (χ1v) is 11.2. The second-order valence-electron chi connectivity index (χ2n) is 8.79. The summed E-state index contributed by atoms with van der Waals surface area (Å²) in [6, 6.07) is 2.25. The van der Waals surface area contributed by atoms with Crippen LogP contribution in [0.3, 0.4) is 0 Å². The highest BCUT2D eigenvalue weighted by atomic mass is 19.1. The van der Waals surface area contributed by atoms with Crippen LogP contribution >= 0.6 is 0 Å². The lowest BCUT2D eigenvalue weighted by Crippen LogP contribution is -2.53. The molecule has 3 aliphatic rings. The Labute approximate surface area is 181 Å². The minimum Gasteiger partial charge on any atom is -0.373 e. The summed E-state index contributed by atoms with van der Waals surface area (Å²) < 4.78 is 29.7. The molecule has 3 aliphatic heterocycles. The van der Waals surface area contributed by atoms with E-state index < -0.39 is 23.6 Å². The van der Waals surface area contributed by atoms with Crippen LogP contribution in [0.15, 0.2) is 12.1 Å². The molecule has 0 saturated carbocycles. The number of benzene rings is 1. The summed E-state index contributed by atoms with van der Waals surface area (Å²) in [6.07, 6.45) is 2.85. The summed E-state index contributed by atoms with van der Waals surface area (Å²) in [7, 11) is 0. The van der Waals surface area contributed by atoms with Crippen LogP contribution in [0.1, 0.15) is 32.6 Å². The van der Waals surface area contributed by atoms with Gasteiger partial charge in [0.25, 0.3) is 0 Å². The van der Waals surface area contributed by atoms with Crippen molar-refractivity contribution in [2.45, 2.75) is 44.7 Å². The number of carbonyl (C=O) groups excluding carboxylic acids is 2. The molecule has 9 heteroatoms. The monoisotopic (exact) mass is 435 g/mol. The van der Waals surface area contributed by atoms with Crippen LogP contribution in [0.5, 0.6) is 0 Å². The zero-order valence-electron chi connectivity index (χ0n) is 17.9. The molecule has 31 heavy (non-hydrogen) atoms. The molecule has 3 heterocycles. The van der Waals surface area contributed by atoms with E-state index in [0.29, 0.717) is 31.5 Å². The third-order valence-corrected chi connectivity index (χ3v) is 6.87. The first-order chi connectivity index (χ1) is 14.9. The number of piperidine rings is 2. The lowest BCUT2D eigenvalue weighted by atomic mass is 9.90. The van der Waals surface area contributed by atoms with Crippen LogP contribution in [-0.2, 0) is 9.59 Å². The standard InChI is InChI=1S/C22H31F2N5O2/c1-14(15-4-6-25-7-5-15)28-8-10-29(11-9-28)21-17(23)12-16(13-18(21)24)26-19-2-3-20(30)27-22(19)31/h12-15,19,25-26H,2-11H2,1H3,(H,27,30,31)/t14-,19?/m1/s1. The first-order valence-electron chi connectivity index (χ1n) is 11.2. The molecule has 1 aromatic carbocycles. The van der Waals surface area contributed by atoms with E-state index in [1.165, 1.54) is 25.0 Å². The average Bonchev–Trinajstić information content (AvgIpc) is 2.76. The van der Waals surface area contributed by atoms with Gasteiger partial charge in [0, 0.05) is 44.3 Å². The number of rotatable bonds is 5. The highest BCUT2D eigenvalue weighted by Crippen LogP contribution is 2.30. The van der Waals surface area contributed by atoms with Crippen molar-refractivity contribution >= 4 is 23.2 Å². The summed E-state index contributed by atoms with van der Waals surface area (Å²) in [6.45, 7) is 7.09. The van der Waals surface area contributed by atoms with E-state index in [0.717, 1.165) is 26.2 Å². The van der Waals surface area contributed by atoms with Crippen molar-refractivity contribution in [3.63, 3.8) is 0 Å². The largest absolute Gasteiger partial charge is 0.373 e. The number of halogens is 2. The van der Waals surface area contributed by atoms with Gasteiger partial charge >= 0.3 is 0 Å². The molecule has 0 aliphatic carbocycles. The molecule has 0 bridgehead atoms. The maximum Gasteiger partial charge on any atom is 0.249 e. The third-order valence-electron chi connectivity index (χ3n) is 6.87. The molecule has 1 aromatic rings. The number of hydrogen-bond acceptors (Lipinski definition) is 6. The fourth-order valence-corrected chi connectivity index (χ4v) is 4.96. The zero-order valence-corrected chi connectivity index (χ0v) is 17.9. The average molecular weight is 436 g/mol. The zero-order chi connectivity index (χ0) is 22.0. The SMILES string of the molecule is C[C@H](C1CCNCC1)N1CCN(c2c(F)cc(NC3CCC(=O)NC3=O)cc2F)CC1.